The van der Waals surface area contributed by atoms with E-state index in [9.17, 15) is 14.4 Å². The van der Waals surface area contributed by atoms with Crippen LogP contribution in [-0.4, -0.2) is 42.8 Å². The largest absolute Gasteiger partial charge is 0.481 e. The molecule has 0 aliphatic heterocycles. The molecule has 0 bridgehead atoms. The number of carboxylic acids is 1. The van der Waals surface area contributed by atoms with Crippen molar-refractivity contribution >= 4 is 18.0 Å². The standard InChI is InChI=1S/C28H32N2O5/c31-26(29-15-19-13-24(19)27(32)33)18-7-5-6-17(12-18)14-30-28(34)35-16-25-22-10-3-1-8-20(22)21-9-2-4-11-23(21)25/h1-4,8-11,17-19,24-25H,5-7,12-16H2,(H,29,31)(H,30,34)(H,32,33)/t17?,18?,19-,24-/m0/s1. The molecule has 2 aromatic rings. The number of carbonyl (C=O) groups excluding carboxylic acids is 2. The highest BCUT2D eigenvalue weighted by molar-refractivity contribution is 5.80. The van der Waals surface area contributed by atoms with Gasteiger partial charge in [-0.25, -0.2) is 4.79 Å². The molecule has 0 aromatic heterocycles. The molecule has 2 unspecified atom stereocenters. The number of carbonyl (C=O) groups is 3. The molecule has 3 aliphatic rings. The average molecular weight is 477 g/mol. The van der Waals surface area contributed by atoms with E-state index in [1.54, 1.807) is 0 Å². The minimum atomic E-state index is -0.777. The van der Waals surface area contributed by atoms with Gasteiger partial charge in [0, 0.05) is 24.9 Å². The highest BCUT2D eigenvalue weighted by Crippen LogP contribution is 2.44. The zero-order valence-electron chi connectivity index (χ0n) is 19.7. The van der Waals surface area contributed by atoms with Crippen molar-refractivity contribution in [3.05, 3.63) is 59.7 Å². The van der Waals surface area contributed by atoms with Crippen molar-refractivity contribution in [1.29, 1.82) is 0 Å². The number of aliphatic carboxylic acids is 1. The molecule has 5 rings (SSSR count). The van der Waals surface area contributed by atoms with Crippen molar-refractivity contribution in [2.45, 2.75) is 38.0 Å². The molecule has 2 amide bonds. The first-order valence-corrected chi connectivity index (χ1v) is 12.6. The first-order valence-electron chi connectivity index (χ1n) is 12.6. The zero-order valence-corrected chi connectivity index (χ0v) is 19.7. The fourth-order valence-electron chi connectivity index (χ4n) is 5.74. The molecule has 184 valence electrons. The average Bonchev–Trinajstić information content (AvgIpc) is 3.60. The number of carboxylic acid groups (broad SMARTS) is 1. The van der Waals surface area contributed by atoms with E-state index in [1.807, 2.05) is 24.3 Å². The van der Waals surface area contributed by atoms with Gasteiger partial charge in [0.05, 0.1) is 5.92 Å². The smallest absolute Gasteiger partial charge is 0.407 e. The molecule has 7 heteroatoms. The molecule has 3 N–H and O–H groups in total. The van der Waals surface area contributed by atoms with Crippen molar-refractivity contribution in [3.8, 4) is 11.1 Å². The van der Waals surface area contributed by atoms with E-state index in [4.69, 9.17) is 9.84 Å². The third kappa shape index (κ3) is 5.19. The summed E-state index contributed by atoms with van der Waals surface area (Å²) < 4.78 is 5.63. The van der Waals surface area contributed by atoms with Crippen LogP contribution in [0.3, 0.4) is 0 Å². The molecule has 2 saturated carbocycles. The molecule has 3 aliphatic carbocycles. The fraction of sp³-hybridized carbons (Fsp3) is 0.464. The van der Waals surface area contributed by atoms with Crippen LogP contribution in [0.1, 0.15) is 49.1 Å². The molecule has 4 atom stereocenters. The van der Waals surface area contributed by atoms with Crippen LogP contribution in [-0.2, 0) is 14.3 Å². The highest BCUT2D eigenvalue weighted by Gasteiger charge is 2.43. The molecule has 35 heavy (non-hydrogen) atoms. The van der Waals surface area contributed by atoms with Crippen LogP contribution in [0, 0.1) is 23.7 Å². The van der Waals surface area contributed by atoms with Crippen LogP contribution < -0.4 is 10.6 Å². The van der Waals surface area contributed by atoms with Gasteiger partial charge >= 0.3 is 12.1 Å². The molecule has 0 spiro atoms. The minimum absolute atomic E-state index is 0.00637. The van der Waals surface area contributed by atoms with E-state index in [1.165, 1.54) is 22.3 Å². The van der Waals surface area contributed by atoms with E-state index in [0.29, 0.717) is 19.5 Å². The Hall–Kier alpha value is -3.35. The number of nitrogens with one attached hydrogen (secondary N) is 2. The molecule has 7 nitrogen and oxygen atoms in total. The quantitative estimate of drug-likeness (QED) is 0.531. The zero-order chi connectivity index (χ0) is 24.4. The number of alkyl carbamates (subject to hydrolysis) is 1. The Balaban J connectivity index is 1.07. The lowest BCUT2D eigenvalue weighted by Gasteiger charge is -2.28. The second-order valence-electron chi connectivity index (χ2n) is 10.1. The van der Waals surface area contributed by atoms with Crippen LogP contribution in [0.4, 0.5) is 4.79 Å². The number of hydrogen-bond acceptors (Lipinski definition) is 4. The molecule has 0 radical (unpaired) electrons. The predicted molar refractivity (Wildman–Crippen MR) is 131 cm³/mol. The molecular formula is C28H32N2O5. The molecule has 0 saturated heterocycles. The van der Waals surface area contributed by atoms with E-state index in [-0.39, 0.29) is 42.1 Å². The van der Waals surface area contributed by atoms with Crippen LogP contribution in [0.15, 0.2) is 48.5 Å². The number of ether oxygens (including phenoxy) is 1. The number of fused-ring (bicyclic) bond motifs is 3. The lowest BCUT2D eigenvalue weighted by atomic mass is 9.81. The normalized spacial score (nSPS) is 24.7. The predicted octanol–water partition coefficient (Wildman–Crippen LogP) is 4.17. The Morgan fingerprint density at radius 1 is 0.886 bits per heavy atom. The van der Waals surface area contributed by atoms with Gasteiger partial charge in [-0.05, 0) is 59.8 Å². The third-order valence-electron chi connectivity index (χ3n) is 7.81. The Morgan fingerprint density at radius 2 is 1.57 bits per heavy atom. The lowest BCUT2D eigenvalue weighted by molar-refractivity contribution is -0.139. The van der Waals surface area contributed by atoms with Gasteiger partial charge in [-0.2, -0.15) is 0 Å². The topological polar surface area (TPSA) is 105 Å². The summed E-state index contributed by atoms with van der Waals surface area (Å²) in [6, 6.07) is 16.5. The van der Waals surface area contributed by atoms with Crippen molar-refractivity contribution in [1.82, 2.24) is 10.6 Å². The highest BCUT2D eigenvalue weighted by atomic mass is 16.5. The van der Waals surface area contributed by atoms with Crippen LogP contribution in [0.2, 0.25) is 0 Å². The maximum Gasteiger partial charge on any atom is 0.407 e. The summed E-state index contributed by atoms with van der Waals surface area (Å²) in [4.78, 5) is 36.0. The summed E-state index contributed by atoms with van der Waals surface area (Å²) in [6.07, 6.45) is 3.69. The Morgan fingerprint density at radius 3 is 2.23 bits per heavy atom. The van der Waals surface area contributed by atoms with E-state index >= 15 is 0 Å². The first-order chi connectivity index (χ1) is 17.0. The number of rotatable bonds is 8. The number of hydrogen-bond donors (Lipinski definition) is 3. The third-order valence-corrected chi connectivity index (χ3v) is 7.81. The first kappa shape index (κ1) is 23.4. The summed E-state index contributed by atoms with van der Waals surface area (Å²) in [5, 5.41) is 14.8. The van der Waals surface area contributed by atoms with Crippen molar-refractivity contribution < 1.29 is 24.2 Å². The molecule has 2 aromatic carbocycles. The summed E-state index contributed by atoms with van der Waals surface area (Å²) >= 11 is 0. The van der Waals surface area contributed by atoms with Gasteiger partial charge in [0.25, 0.3) is 0 Å². The number of benzene rings is 2. The van der Waals surface area contributed by atoms with Gasteiger partial charge in [-0.15, -0.1) is 0 Å². The summed E-state index contributed by atoms with van der Waals surface area (Å²) in [7, 11) is 0. The Labute approximate surface area is 205 Å². The SMILES string of the molecule is O=C(NCC1CCCC(C(=O)NC[C@@H]2C[C@@H]2C(=O)O)C1)OCC1c2ccccc2-c2ccccc21. The van der Waals surface area contributed by atoms with Crippen LogP contribution in [0.25, 0.3) is 11.1 Å². The van der Waals surface area contributed by atoms with Gasteiger partial charge in [-0.1, -0.05) is 55.0 Å². The fourth-order valence-corrected chi connectivity index (χ4v) is 5.74. The van der Waals surface area contributed by atoms with Crippen LogP contribution in [0.5, 0.6) is 0 Å². The Bertz CT molecular complexity index is 1070. The van der Waals surface area contributed by atoms with Crippen molar-refractivity contribution in [2.24, 2.45) is 23.7 Å². The van der Waals surface area contributed by atoms with Gasteiger partial charge in [0.1, 0.15) is 6.61 Å². The van der Waals surface area contributed by atoms with Gasteiger partial charge in [0.2, 0.25) is 5.91 Å². The van der Waals surface area contributed by atoms with Gasteiger partial charge in [-0.3, -0.25) is 9.59 Å². The van der Waals surface area contributed by atoms with Gasteiger partial charge in [0.15, 0.2) is 0 Å². The van der Waals surface area contributed by atoms with Crippen LogP contribution >= 0.6 is 0 Å². The second kappa shape index (κ2) is 10.1. The van der Waals surface area contributed by atoms with E-state index in [0.717, 1.165) is 25.7 Å². The molecular weight excluding hydrogens is 444 g/mol. The monoisotopic (exact) mass is 476 g/mol. The lowest BCUT2D eigenvalue weighted by Crippen LogP contribution is -2.38. The minimum Gasteiger partial charge on any atom is -0.481 e. The molecule has 2 fully saturated rings. The number of amides is 2. The van der Waals surface area contributed by atoms with Crippen molar-refractivity contribution in [3.63, 3.8) is 0 Å². The van der Waals surface area contributed by atoms with E-state index in [2.05, 4.69) is 34.9 Å². The van der Waals surface area contributed by atoms with E-state index < -0.39 is 12.1 Å². The maximum atomic E-state index is 12.6. The van der Waals surface area contributed by atoms with Gasteiger partial charge < -0.3 is 20.5 Å². The summed E-state index contributed by atoms with van der Waals surface area (Å²) in [5.41, 5.74) is 4.76. The maximum absolute atomic E-state index is 12.6. The van der Waals surface area contributed by atoms with Crippen molar-refractivity contribution in [2.75, 3.05) is 19.7 Å². The summed E-state index contributed by atoms with van der Waals surface area (Å²) in [6.45, 7) is 1.22. The molecule has 0 heterocycles. The Kier molecular flexibility index (Phi) is 6.75. The second-order valence-corrected chi connectivity index (χ2v) is 10.1. The summed E-state index contributed by atoms with van der Waals surface area (Å²) in [5.74, 6) is -0.842.